The number of aromatic nitrogens is 2. The Kier molecular flexibility index (Phi) is 6.29. The smallest absolute Gasteiger partial charge is 0.262 e. The van der Waals surface area contributed by atoms with Crippen LogP contribution in [0.25, 0.3) is 10.9 Å². The number of carbonyl (C=O) groups is 1. The van der Waals surface area contributed by atoms with Gasteiger partial charge in [0.1, 0.15) is 0 Å². The summed E-state index contributed by atoms with van der Waals surface area (Å²) in [7, 11) is 0. The van der Waals surface area contributed by atoms with Gasteiger partial charge in [-0.05, 0) is 31.5 Å². The molecule has 0 bridgehead atoms. The van der Waals surface area contributed by atoms with Gasteiger partial charge in [-0.15, -0.1) is 0 Å². The molecule has 0 radical (unpaired) electrons. The molecule has 140 valence electrons. The number of benzene rings is 2. The molecule has 1 heterocycles. The van der Waals surface area contributed by atoms with Gasteiger partial charge in [-0.2, -0.15) is 0 Å². The van der Waals surface area contributed by atoms with E-state index < -0.39 is 0 Å². The van der Waals surface area contributed by atoms with E-state index in [0.717, 1.165) is 5.56 Å². The molecule has 0 aliphatic carbocycles. The van der Waals surface area contributed by atoms with Crippen LogP contribution in [0.1, 0.15) is 19.4 Å². The number of hydrogen-bond acceptors (Lipinski definition) is 4. The van der Waals surface area contributed by atoms with Crippen molar-refractivity contribution in [2.24, 2.45) is 0 Å². The average molecular weight is 382 g/mol. The topological polar surface area (TPSA) is 55.2 Å². The highest BCUT2D eigenvalue weighted by Gasteiger charge is 2.15. The molecule has 0 atom stereocenters. The minimum atomic E-state index is -0.0813. The minimum absolute atomic E-state index is 0.0543. The Bertz CT molecular complexity index is 982. The second kappa shape index (κ2) is 8.86. The second-order valence-electron chi connectivity index (χ2n) is 6.14. The summed E-state index contributed by atoms with van der Waals surface area (Å²) in [4.78, 5) is 31.9. The van der Waals surface area contributed by atoms with E-state index in [-0.39, 0.29) is 17.2 Å². The summed E-state index contributed by atoms with van der Waals surface area (Å²) in [5.74, 6) is 0.319. The lowest BCUT2D eigenvalue weighted by atomic mass is 10.2. The van der Waals surface area contributed by atoms with Crippen LogP contribution in [0.3, 0.4) is 0 Å². The van der Waals surface area contributed by atoms with E-state index in [4.69, 9.17) is 0 Å². The van der Waals surface area contributed by atoms with E-state index in [1.54, 1.807) is 15.5 Å². The second-order valence-corrected chi connectivity index (χ2v) is 7.09. The Balaban J connectivity index is 1.98. The van der Waals surface area contributed by atoms with E-state index in [9.17, 15) is 9.59 Å². The lowest BCUT2D eigenvalue weighted by Gasteiger charge is -2.19. The van der Waals surface area contributed by atoms with Gasteiger partial charge >= 0.3 is 0 Å². The van der Waals surface area contributed by atoms with Crippen molar-refractivity contribution in [2.45, 2.75) is 25.5 Å². The zero-order valence-electron chi connectivity index (χ0n) is 15.6. The summed E-state index contributed by atoms with van der Waals surface area (Å²) in [6.07, 6.45) is 0. The highest BCUT2D eigenvalue weighted by Crippen LogP contribution is 2.19. The third kappa shape index (κ3) is 4.39. The maximum absolute atomic E-state index is 13.1. The molecule has 0 unspecified atom stereocenters. The van der Waals surface area contributed by atoms with E-state index in [1.165, 1.54) is 11.8 Å². The number of thioether (sulfide) groups is 1. The van der Waals surface area contributed by atoms with Gasteiger partial charge < -0.3 is 4.90 Å². The van der Waals surface area contributed by atoms with Crippen molar-refractivity contribution < 1.29 is 4.79 Å². The molecule has 0 aliphatic rings. The number of amides is 1. The first-order chi connectivity index (χ1) is 13.1. The number of fused-ring (bicyclic) bond motifs is 1. The molecule has 0 saturated heterocycles. The van der Waals surface area contributed by atoms with Crippen LogP contribution >= 0.6 is 11.8 Å². The van der Waals surface area contributed by atoms with Crippen LogP contribution in [0, 0.1) is 0 Å². The summed E-state index contributed by atoms with van der Waals surface area (Å²) in [5.41, 5.74) is 1.60. The molecule has 6 heteroatoms. The largest absolute Gasteiger partial charge is 0.343 e. The Morgan fingerprint density at radius 1 is 1.04 bits per heavy atom. The quantitative estimate of drug-likeness (QED) is 0.465. The molecule has 1 amide bonds. The highest BCUT2D eigenvalue weighted by molar-refractivity contribution is 7.99. The van der Waals surface area contributed by atoms with Crippen molar-refractivity contribution in [3.8, 4) is 0 Å². The van der Waals surface area contributed by atoms with Crippen molar-refractivity contribution in [1.82, 2.24) is 14.5 Å². The van der Waals surface area contributed by atoms with Gasteiger partial charge in [0.05, 0.1) is 23.2 Å². The van der Waals surface area contributed by atoms with Crippen LogP contribution in [0.4, 0.5) is 0 Å². The van der Waals surface area contributed by atoms with Crippen LogP contribution in [-0.2, 0) is 11.3 Å². The molecular weight excluding hydrogens is 358 g/mol. The summed E-state index contributed by atoms with van der Waals surface area (Å²) >= 11 is 1.32. The molecule has 0 spiro atoms. The Morgan fingerprint density at radius 2 is 1.70 bits per heavy atom. The van der Waals surface area contributed by atoms with Gasteiger partial charge in [0.15, 0.2) is 5.16 Å². The van der Waals surface area contributed by atoms with Crippen LogP contribution < -0.4 is 5.56 Å². The van der Waals surface area contributed by atoms with Gasteiger partial charge in [-0.3, -0.25) is 14.2 Å². The third-order valence-electron chi connectivity index (χ3n) is 4.45. The van der Waals surface area contributed by atoms with Crippen LogP contribution in [0.15, 0.2) is 64.5 Å². The Morgan fingerprint density at radius 3 is 2.41 bits per heavy atom. The average Bonchev–Trinajstić information content (AvgIpc) is 2.70. The fourth-order valence-electron chi connectivity index (χ4n) is 2.96. The number of rotatable bonds is 7. The van der Waals surface area contributed by atoms with Crippen molar-refractivity contribution in [1.29, 1.82) is 0 Å². The molecule has 0 saturated carbocycles. The number of carbonyl (C=O) groups excluding carboxylic acids is 1. The van der Waals surface area contributed by atoms with E-state index >= 15 is 0 Å². The molecule has 27 heavy (non-hydrogen) atoms. The normalized spacial score (nSPS) is 10.9. The molecule has 3 aromatic rings. The van der Waals surface area contributed by atoms with Gasteiger partial charge in [-0.25, -0.2) is 4.98 Å². The van der Waals surface area contributed by atoms with Gasteiger partial charge in [0.25, 0.3) is 5.56 Å². The SMILES string of the molecule is CCN(CC)C(=O)CSc1nc2ccccc2c(=O)n1Cc1ccccc1. The molecule has 5 nitrogen and oxygen atoms in total. The Labute approximate surface area is 163 Å². The molecule has 1 aromatic heterocycles. The van der Waals surface area contributed by atoms with Crippen molar-refractivity contribution in [3.05, 3.63) is 70.5 Å². The van der Waals surface area contributed by atoms with E-state index in [2.05, 4.69) is 4.98 Å². The lowest BCUT2D eigenvalue weighted by molar-refractivity contribution is -0.127. The van der Waals surface area contributed by atoms with Gasteiger partial charge in [0.2, 0.25) is 5.91 Å². The maximum atomic E-state index is 13.1. The van der Waals surface area contributed by atoms with Crippen LogP contribution in [0.5, 0.6) is 0 Å². The van der Waals surface area contributed by atoms with Crippen LogP contribution in [-0.4, -0.2) is 39.2 Å². The molecular formula is C21H23N3O2S. The fraction of sp³-hybridized carbons (Fsp3) is 0.286. The highest BCUT2D eigenvalue weighted by atomic mass is 32.2. The number of para-hydroxylation sites is 1. The van der Waals surface area contributed by atoms with Crippen molar-refractivity contribution >= 4 is 28.6 Å². The van der Waals surface area contributed by atoms with Crippen LogP contribution in [0.2, 0.25) is 0 Å². The molecule has 2 aromatic carbocycles. The van der Waals surface area contributed by atoms with Gasteiger partial charge in [-0.1, -0.05) is 54.2 Å². The first-order valence-electron chi connectivity index (χ1n) is 9.08. The summed E-state index contributed by atoms with van der Waals surface area (Å²) in [6, 6.07) is 17.1. The third-order valence-corrected chi connectivity index (χ3v) is 5.41. The maximum Gasteiger partial charge on any atom is 0.262 e. The molecule has 0 N–H and O–H groups in total. The minimum Gasteiger partial charge on any atom is -0.343 e. The van der Waals surface area contributed by atoms with Gasteiger partial charge in [0, 0.05) is 13.1 Å². The Hall–Kier alpha value is -2.60. The molecule has 0 fully saturated rings. The lowest BCUT2D eigenvalue weighted by Crippen LogP contribution is -2.32. The van der Waals surface area contributed by atoms with E-state index in [0.29, 0.717) is 35.7 Å². The summed E-state index contributed by atoms with van der Waals surface area (Å²) in [6.45, 7) is 5.71. The van der Waals surface area contributed by atoms with Crippen molar-refractivity contribution in [2.75, 3.05) is 18.8 Å². The first kappa shape index (κ1) is 19.2. The fourth-order valence-corrected chi connectivity index (χ4v) is 3.86. The predicted molar refractivity (Wildman–Crippen MR) is 110 cm³/mol. The summed E-state index contributed by atoms with van der Waals surface area (Å²) < 4.78 is 1.66. The first-order valence-corrected chi connectivity index (χ1v) is 10.1. The molecule has 0 aliphatic heterocycles. The standard InChI is InChI=1S/C21H23N3O2S/c1-3-23(4-2)19(25)15-27-21-22-18-13-9-8-12-17(18)20(26)24(21)14-16-10-6-5-7-11-16/h5-13H,3-4,14-15H2,1-2H3. The number of hydrogen-bond donors (Lipinski definition) is 0. The molecule has 3 rings (SSSR count). The van der Waals surface area contributed by atoms with E-state index in [1.807, 2.05) is 62.4 Å². The predicted octanol–water partition coefficient (Wildman–Crippen LogP) is 3.41. The van der Waals surface area contributed by atoms with Crippen molar-refractivity contribution in [3.63, 3.8) is 0 Å². The number of nitrogens with zero attached hydrogens (tertiary/aromatic N) is 3. The summed E-state index contributed by atoms with van der Waals surface area (Å²) in [5, 5.41) is 1.16. The zero-order valence-corrected chi connectivity index (χ0v) is 16.4. The monoisotopic (exact) mass is 381 g/mol. The zero-order chi connectivity index (χ0) is 19.2.